The first-order chi connectivity index (χ1) is 9.90. The van der Waals surface area contributed by atoms with Crippen LogP contribution in [0.4, 0.5) is 4.79 Å². The van der Waals surface area contributed by atoms with Crippen LogP contribution >= 0.6 is 0 Å². The van der Waals surface area contributed by atoms with Gasteiger partial charge in [-0.05, 0) is 23.8 Å². The summed E-state index contributed by atoms with van der Waals surface area (Å²) in [6, 6.07) is 7.96. The van der Waals surface area contributed by atoms with E-state index in [1.54, 1.807) is 24.4 Å². The van der Waals surface area contributed by atoms with Crippen molar-refractivity contribution in [1.29, 1.82) is 0 Å². The van der Waals surface area contributed by atoms with Crippen LogP contribution in [-0.2, 0) is 14.6 Å². The number of benzene rings is 1. The van der Waals surface area contributed by atoms with Gasteiger partial charge >= 0.3 is 6.16 Å². The molecule has 110 valence electrons. The van der Waals surface area contributed by atoms with Gasteiger partial charge in [0.1, 0.15) is 0 Å². The molecule has 0 aliphatic rings. The van der Waals surface area contributed by atoms with E-state index in [-0.39, 0.29) is 10.6 Å². The van der Waals surface area contributed by atoms with Crippen LogP contribution in [0.2, 0.25) is 0 Å². The van der Waals surface area contributed by atoms with Crippen LogP contribution in [0.5, 0.6) is 5.75 Å². The molecule has 2 rings (SSSR count). The van der Waals surface area contributed by atoms with Crippen molar-refractivity contribution in [1.82, 2.24) is 4.98 Å². The minimum Gasteiger partial charge on any atom is -0.437 e. The number of pyridine rings is 1. The first kappa shape index (κ1) is 15.0. The van der Waals surface area contributed by atoms with E-state index in [4.69, 9.17) is 4.74 Å². The molecule has 0 bridgehead atoms. The summed E-state index contributed by atoms with van der Waals surface area (Å²) in [5, 5.41) is 0. The molecule has 0 unspecified atom stereocenters. The monoisotopic (exact) mass is 307 g/mol. The van der Waals surface area contributed by atoms with E-state index < -0.39 is 16.0 Å². The maximum atomic E-state index is 11.4. The van der Waals surface area contributed by atoms with E-state index in [1.807, 2.05) is 0 Å². The molecule has 21 heavy (non-hydrogen) atoms. The van der Waals surface area contributed by atoms with Crippen LogP contribution in [0.15, 0.2) is 47.6 Å². The van der Waals surface area contributed by atoms with Gasteiger partial charge in [0.2, 0.25) is 0 Å². The Labute approximate surface area is 122 Å². The van der Waals surface area contributed by atoms with Crippen LogP contribution in [0.1, 0.15) is 0 Å². The molecule has 2 aromatic rings. The fraction of sp³-hybridized carbons (Fsp3) is 0.143. The lowest BCUT2D eigenvalue weighted by Gasteiger charge is -2.06. The van der Waals surface area contributed by atoms with Gasteiger partial charge in [0.05, 0.1) is 18.2 Å². The quantitative estimate of drug-likeness (QED) is 0.809. The molecule has 1 aromatic carbocycles. The molecule has 0 radical (unpaired) electrons. The van der Waals surface area contributed by atoms with E-state index in [2.05, 4.69) is 9.72 Å². The van der Waals surface area contributed by atoms with Crippen LogP contribution in [0, 0.1) is 0 Å². The van der Waals surface area contributed by atoms with Crippen molar-refractivity contribution in [2.75, 3.05) is 13.4 Å². The van der Waals surface area contributed by atoms with Crippen molar-refractivity contribution in [3.63, 3.8) is 0 Å². The number of aromatic nitrogens is 1. The number of carbonyl (C=O) groups is 1. The molecule has 0 aliphatic heterocycles. The van der Waals surface area contributed by atoms with Gasteiger partial charge < -0.3 is 9.47 Å². The molecular formula is C14H13NO5S. The topological polar surface area (TPSA) is 82.6 Å². The van der Waals surface area contributed by atoms with Crippen molar-refractivity contribution in [3.05, 3.63) is 42.7 Å². The Kier molecular flexibility index (Phi) is 4.23. The minimum absolute atomic E-state index is 0.237. The number of methoxy groups -OCH3 is 1. The summed E-state index contributed by atoms with van der Waals surface area (Å²) >= 11 is 0. The summed E-state index contributed by atoms with van der Waals surface area (Å²) in [6.07, 6.45) is 3.28. The van der Waals surface area contributed by atoms with Gasteiger partial charge in [-0.25, -0.2) is 13.2 Å². The summed E-state index contributed by atoms with van der Waals surface area (Å²) in [4.78, 5) is 15.3. The second-order valence-corrected chi connectivity index (χ2v) is 6.28. The minimum atomic E-state index is -3.23. The highest BCUT2D eigenvalue weighted by Gasteiger charge is 2.09. The van der Waals surface area contributed by atoms with Gasteiger partial charge in [-0.15, -0.1) is 0 Å². The highest BCUT2D eigenvalue weighted by Crippen LogP contribution is 2.24. The number of ether oxygens (including phenoxy) is 2. The molecule has 0 amide bonds. The van der Waals surface area contributed by atoms with Gasteiger partial charge in [0.25, 0.3) is 0 Å². The first-order valence-corrected chi connectivity index (χ1v) is 7.80. The molecule has 0 aliphatic carbocycles. The predicted octanol–water partition coefficient (Wildman–Crippen LogP) is 2.30. The molecule has 7 heteroatoms. The number of hydrogen-bond donors (Lipinski definition) is 0. The fourth-order valence-electron chi connectivity index (χ4n) is 1.66. The van der Waals surface area contributed by atoms with Gasteiger partial charge in [0, 0.05) is 18.0 Å². The van der Waals surface area contributed by atoms with Gasteiger partial charge in [-0.3, -0.25) is 4.98 Å². The smallest absolute Gasteiger partial charge is 0.437 e. The zero-order valence-electron chi connectivity index (χ0n) is 11.4. The van der Waals surface area contributed by atoms with Crippen molar-refractivity contribution >= 4 is 16.0 Å². The highest BCUT2D eigenvalue weighted by atomic mass is 32.2. The maximum absolute atomic E-state index is 11.4. The maximum Gasteiger partial charge on any atom is 0.513 e. The van der Waals surface area contributed by atoms with Crippen molar-refractivity contribution in [2.24, 2.45) is 0 Å². The molecule has 0 saturated carbocycles. The SMILES string of the molecule is COC(=O)Oc1cncc(-c2ccc(S(C)(=O)=O)cc2)c1. The van der Waals surface area contributed by atoms with Gasteiger partial charge in [-0.1, -0.05) is 12.1 Å². The third kappa shape index (κ3) is 3.79. The molecule has 0 N–H and O–H groups in total. The second-order valence-electron chi connectivity index (χ2n) is 4.26. The Morgan fingerprint density at radius 2 is 1.76 bits per heavy atom. The largest absolute Gasteiger partial charge is 0.513 e. The lowest BCUT2D eigenvalue weighted by Crippen LogP contribution is -2.07. The Bertz CT molecular complexity index is 753. The lowest BCUT2D eigenvalue weighted by molar-refractivity contribution is 0.121. The lowest BCUT2D eigenvalue weighted by atomic mass is 10.1. The average Bonchev–Trinajstić information content (AvgIpc) is 2.46. The van der Waals surface area contributed by atoms with E-state index in [0.29, 0.717) is 5.56 Å². The van der Waals surface area contributed by atoms with Crippen molar-refractivity contribution < 1.29 is 22.7 Å². The number of nitrogens with zero attached hydrogens (tertiary/aromatic N) is 1. The molecule has 0 spiro atoms. The van der Waals surface area contributed by atoms with Crippen LogP contribution < -0.4 is 4.74 Å². The summed E-state index contributed by atoms with van der Waals surface area (Å²) in [6.45, 7) is 0. The van der Waals surface area contributed by atoms with Crippen molar-refractivity contribution in [2.45, 2.75) is 4.90 Å². The normalized spacial score (nSPS) is 11.0. The van der Waals surface area contributed by atoms with Gasteiger partial charge in [-0.2, -0.15) is 0 Å². The summed E-state index contributed by atoms with van der Waals surface area (Å²) < 4.78 is 32.1. The Morgan fingerprint density at radius 3 is 2.33 bits per heavy atom. The van der Waals surface area contributed by atoms with E-state index in [1.165, 1.54) is 25.4 Å². The van der Waals surface area contributed by atoms with Crippen LogP contribution in [0.3, 0.4) is 0 Å². The third-order valence-electron chi connectivity index (χ3n) is 2.70. The molecule has 1 heterocycles. The molecule has 6 nitrogen and oxygen atoms in total. The third-order valence-corrected chi connectivity index (χ3v) is 3.83. The van der Waals surface area contributed by atoms with E-state index in [9.17, 15) is 13.2 Å². The summed E-state index contributed by atoms with van der Waals surface area (Å²) in [7, 11) is -2.02. The Morgan fingerprint density at radius 1 is 1.10 bits per heavy atom. The number of sulfone groups is 1. The van der Waals surface area contributed by atoms with E-state index in [0.717, 1.165) is 11.8 Å². The van der Waals surface area contributed by atoms with Crippen LogP contribution in [-0.4, -0.2) is 32.9 Å². The zero-order chi connectivity index (χ0) is 15.5. The van der Waals surface area contributed by atoms with E-state index >= 15 is 0 Å². The second kappa shape index (κ2) is 5.92. The molecule has 0 saturated heterocycles. The first-order valence-electron chi connectivity index (χ1n) is 5.91. The molecule has 0 fully saturated rings. The summed E-state index contributed by atoms with van der Waals surface area (Å²) in [5.74, 6) is 0.242. The van der Waals surface area contributed by atoms with Crippen molar-refractivity contribution in [3.8, 4) is 16.9 Å². The van der Waals surface area contributed by atoms with Gasteiger partial charge in [0.15, 0.2) is 15.6 Å². The average molecular weight is 307 g/mol. The standard InChI is InChI=1S/C14H13NO5S/c1-19-14(16)20-12-7-11(8-15-9-12)10-3-5-13(6-4-10)21(2,17)18/h3-9H,1-2H3. The number of carbonyl (C=O) groups excluding carboxylic acids is 1. The molecular weight excluding hydrogens is 294 g/mol. The number of rotatable bonds is 3. The Balaban J connectivity index is 2.30. The fourth-order valence-corrected chi connectivity index (χ4v) is 2.30. The number of hydrogen-bond acceptors (Lipinski definition) is 6. The molecule has 0 atom stereocenters. The van der Waals surface area contributed by atoms with Crippen LogP contribution in [0.25, 0.3) is 11.1 Å². The molecule has 1 aromatic heterocycles. The zero-order valence-corrected chi connectivity index (χ0v) is 12.3. The Hall–Kier alpha value is -2.41. The summed E-state index contributed by atoms with van der Waals surface area (Å²) in [5.41, 5.74) is 1.45. The highest BCUT2D eigenvalue weighted by molar-refractivity contribution is 7.90. The predicted molar refractivity (Wildman–Crippen MR) is 75.8 cm³/mol.